The molecule has 19 heavy (non-hydrogen) atoms. The Morgan fingerprint density at radius 1 is 1.47 bits per heavy atom. The summed E-state index contributed by atoms with van der Waals surface area (Å²) in [6, 6.07) is 5.05. The molecule has 96 valence electrons. The maximum atomic E-state index is 11.2. The van der Waals surface area contributed by atoms with E-state index in [1.165, 1.54) is 24.1 Å². The fourth-order valence-electron chi connectivity index (χ4n) is 1.40. The predicted octanol–water partition coefficient (Wildman–Crippen LogP) is 0.612. The number of aromatic nitrogens is 4. The monoisotopic (exact) mass is 258 g/mol. The first kappa shape index (κ1) is 12.5. The van der Waals surface area contributed by atoms with Crippen LogP contribution in [0.25, 0.3) is 0 Å². The largest absolute Gasteiger partial charge is 0.464 e. The summed E-state index contributed by atoms with van der Waals surface area (Å²) in [7, 11) is 2.96. The quantitative estimate of drug-likeness (QED) is 0.804. The Hall–Kier alpha value is -2.95. The maximum Gasteiger partial charge on any atom is 0.358 e. The lowest BCUT2D eigenvalue weighted by atomic mass is 10.3. The lowest BCUT2D eigenvalue weighted by Crippen LogP contribution is -2.07. The van der Waals surface area contributed by atoms with Crippen LogP contribution in [0.2, 0.25) is 0 Å². The van der Waals surface area contributed by atoms with Gasteiger partial charge in [-0.3, -0.25) is 4.68 Å². The van der Waals surface area contributed by atoms with Crippen molar-refractivity contribution in [3.63, 3.8) is 0 Å². The SMILES string of the molecule is COC(=O)c1ccc(Nc2c(C#N)cnn2C)nn1. The van der Waals surface area contributed by atoms with E-state index in [1.54, 1.807) is 13.1 Å². The van der Waals surface area contributed by atoms with Crippen molar-refractivity contribution in [1.82, 2.24) is 20.0 Å². The third-order valence-corrected chi connectivity index (χ3v) is 2.36. The average Bonchev–Trinajstić information content (AvgIpc) is 2.79. The van der Waals surface area contributed by atoms with E-state index >= 15 is 0 Å². The molecule has 0 fully saturated rings. The molecule has 0 saturated heterocycles. The van der Waals surface area contributed by atoms with Gasteiger partial charge in [0.05, 0.1) is 13.3 Å². The highest BCUT2D eigenvalue weighted by molar-refractivity contribution is 5.87. The summed E-state index contributed by atoms with van der Waals surface area (Å²) < 4.78 is 6.03. The van der Waals surface area contributed by atoms with Gasteiger partial charge in [-0.25, -0.2) is 4.79 Å². The molecule has 0 saturated carbocycles. The van der Waals surface area contributed by atoms with Gasteiger partial charge in [-0.15, -0.1) is 10.2 Å². The van der Waals surface area contributed by atoms with Gasteiger partial charge in [-0.05, 0) is 12.1 Å². The first-order valence-electron chi connectivity index (χ1n) is 5.27. The number of methoxy groups -OCH3 is 1. The molecular formula is C11H10N6O2. The number of esters is 1. The number of hydrogen-bond acceptors (Lipinski definition) is 7. The van der Waals surface area contributed by atoms with Gasteiger partial charge >= 0.3 is 5.97 Å². The molecule has 2 heterocycles. The maximum absolute atomic E-state index is 11.2. The highest BCUT2D eigenvalue weighted by Crippen LogP contribution is 2.17. The summed E-state index contributed by atoms with van der Waals surface area (Å²) in [5.41, 5.74) is 0.500. The molecular weight excluding hydrogens is 248 g/mol. The Kier molecular flexibility index (Phi) is 3.38. The van der Waals surface area contributed by atoms with Crippen LogP contribution >= 0.6 is 0 Å². The summed E-state index contributed by atoms with van der Waals surface area (Å²) >= 11 is 0. The second-order valence-electron chi connectivity index (χ2n) is 3.56. The number of rotatable bonds is 3. The smallest absolute Gasteiger partial charge is 0.358 e. The van der Waals surface area contributed by atoms with Crippen LogP contribution in [0.4, 0.5) is 11.6 Å². The molecule has 2 aromatic rings. The van der Waals surface area contributed by atoms with Crippen LogP contribution in [0.5, 0.6) is 0 Å². The first-order valence-corrected chi connectivity index (χ1v) is 5.27. The van der Waals surface area contributed by atoms with Crippen LogP contribution in [0, 0.1) is 11.3 Å². The van der Waals surface area contributed by atoms with Crippen LogP contribution in [0.3, 0.4) is 0 Å². The summed E-state index contributed by atoms with van der Waals surface area (Å²) in [5.74, 6) is 0.340. The van der Waals surface area contributed by atoms with Crippen molar-refractivity contribution in [2.75, 3.05) is 12.4 Å². The number of ether oxygens (including phenoxy) is 1. The van der Waals surface area contributed by atoms with Gasteiger partial charge in [-0.1, -0.05) is 0 Å². The fraction of sp³-hybridized carbons (Fsp3) is 0.182. The van der Waals surface area contributed by atoms with E-state index in [2.05, 4.69) is 25.3 Å². The van der Waals surface area contributed by atoms with Crippen LogP contribution < -0.4 is 5.32 Å². The van der Waals surface area contributed by atoms with Gasteiger partial charge in [-0.2, -0.15) is 10.4 Å². The standard InChI is InChI=1S/C11H10N6O2/c1-17-10(7(5-12)6-13-17)14-9-4-3-8(15-16-9)11(18)19-2/h3-4,6H,1-2H3,(H,14,16). The minimum Gasteiger partial charge on any atom is -0.464 e. The molecule has 8 nitrogen and oxygen atoms in total. The summed E-state index contributed by atoms with van der Waals surface area (Å²) in [5, 5.41) is 23.3. The molecule has 0 amide bonds. The van der Waals surface area contributed by atoms with E-state index in [1.807, 2.05) is 6.07 Å². The van der Waals surface area contributed by atoms with Gasteiger partial charge in [0.15, 0.2) is 11.5 Å². The molecule has 1 N–H and O–H groups in total. The molecule has 0 radical (unpaired) electrons. The molecule has 0 aromatic carbocycles. The minimum absolute atomic E-state index is 0.110. The van der Waals surface area contributed by atoms with Gasteiger partial charge in [0.25, 0.3) is 0 Å². The van der Waals surface area contributed by atoms with Crippen molar-refractivity contribution < 1.29 is 9.53 Å². The Balaban J connectivity index is 2.23. The lowest BCUT2D eigenvalue weighted by Gasteiger charge is -2.05. The van der Waals surface area contributed by atoms with Crippen molar-refractivity contribution in [3.05, 3.63) is 29.6 Å². The number of nitrogens with zero attached hydrogens (tertiary/aromatic N) is 5. The van der Waals surface area contributed by atoms with Crippen LogP contribution in [-0.4, -0.2) is 33.1 Å². The number of carbonyl (C=O) groups is 1. The Morgan fingerprint density at radius 3 is 2.84 bits per heavy atom. The Bertz CT molecular complexity index is 640. The van der Waals surface area contributed by atoms with E-state index < -0.39 is 5.97 Å². The number of hydrogen-bond donors (Lipinski definition) is 1. The van der Waals surface area contributed by atoms with Crippen LogP contribution in [0.15, 0.2) is 18.3 Å². The molecule has 0 aliphatic heterocycles. The van der Waals surface area contributed by atoms with Gasteiger partial charge < -0.3 is 10.1 Å². The highest BCUT2D eigenvalue weighted by atomic mass is 16.5. The van der Waals surface area contributed by atoms with Crippen molar-refractivity contribution >= 4 is 17.6 Å². The molecule has 2 rings (SSSR count). The zero-order valence-electron chi connectivity index (χ0n) is 10.3. The van der Waals surface area contributed by atoms with E-state index in [0.717, 1.165) is 0 Å². The number of carbonyl (C=O) groups excluding carboxylic acids is 1. The zero-order valence-corrected chi connectivity index (χ0v) is 10.3. The second-order valence-corrected chi connectivity index (χ2v) is 3.56. The fourth-order valence-corrected chi connectivity index (χ4v) is 1.40. The van der Waals surface area contributed by atoms with Crippen molar-refractivity contribution in [1.29, 1.82) is 5.26 Å². The molecule has 0 aliphatic carbocycles. The third-order valence-electron chi connectivity index (χ3n) is 2.36. The summed E-state index contributed by atoms with van der Waals surface area (Å²) in [4.78, 5) is 11.2. The van der Waals surface area contributed by atoms with E-state index in [9.17, 15) is 4.79 Å². The zero-order chi connectivity index (χ0) is 13.8. The Labute approximate surface area is 108 Å². The van der Waals surface area contributed by atoms with Crippen LogP contribution in [-0.2, 0) is 11.8 Å². The highest BCUT2D eigenvalue weighted by Gasteiger charge is 2.11. The van der Waals surface area contributed by atoms with Crippen molar-refractivity contribution in [2.45, 2.75) is 0 Å². The number of nitrogens with one attached hydrogen (secondary N) is 1. The second kappa shape index (κ2) is 5.14. The topological polar surface area (TPSA) is 106 Å². The molecule has 0 aliphatic rings. The number of nitriles is 1. The van der Waals surface area contributed by atoms with E-state index in [4.69, 9.17) is 5.26 Å². The van der Waals surface area contributed by atoms with E-state index in [-0.39, 0.29) is 5.69 Å². The number of aryl methyl sites for hydroxylation is 1. The molecule has 0 spiro atoms. The van der Waals surface area contributed by atoms with Crippen molar-refractivity contribution in [3.8, 4) is 6.07 Å². The molecule has 0 bridgehead atoms. The third kappa shape index (κ3) is 2.50. The molecule has 2 aromatic heterocycles. The first-order chi connectivity index (χ1) is 9.15. The summed E-state index contributed by atoms with van der Waals surface area (Å²) in [6.45, 7) is 0. The Morgan fingerprint density at radius 2 is 2.26 bits per heavy atom. The molecule has 0 atom stereocenters. The lowest BCUT2D eigenvalue weighted by molar-refractivity contribution is 0.0593. The molecule has 0 unspecified atom stereocenters. The van der Waals surface area contributed by atoms with Gasteiger partial charge in [0, 0.05) is 7.05 Å². The average molecular weight is 258 g/mol. The molecule has 8 heteroatoms. The van der Waals surface area contributed by atoms with Crippen LogP contribution in [0.1, 0.15) is 16.1 Å². The normalized spacial score (nSPS) is 9.74. The summed E-state index contributed by atoms with van der Waals surface area (Å²) in [6.07, 6.45) is 1.44. The van der Waals surface area contributed by atoms with Crippen molar-refractivity contribution in [2.24, 2.45) is 7.05 Å². The van der Waals surface area contributed by atoms with Gasteiger partial charge in [0.2, 0.25) is 0 Å². The van der Waals surface area contributed by atoms with Gasteiger partial charge in [0.1, 0.15) is 17.5 Å². The van der Waals surface area contributed by atoms with E-state index in [0.29, 0.717) is 17.2 Å². The minimum atomic E-state index is -0.558. The number of anilines is 2. The predicted molar refractivity (Wildman–Crippen MR) is 64.6 cm³/mol.